The Morgan fingerprint density at radius 1 is 1.29 bits per heavy atom. The number of hydrogen-bond donors (Lipinski definition) is 1. The molecular formula is C16H21FN2O2. The van der Waals surface area contributed by atoms with Gasteiger partial charge in [-0.25, -0.2) is 14.8 Å². The van der Waals surface area contributed by atoms with Crippen LogP contribution >= 0.6 is 0 Å². The monoisotopic (exact) mass is 292 g/mol. The number of hydrazine groups is 1. The van der Waals surface area contributed by atoms with Gasteiger partial charge < -0.3 is 4.74 Å². The molecule has 3 aliphatic rings. The smallest absolute Gasteiger partial charge is 0.324 e. The van der Waals surface area contributed by atoms with Crippen LogP contribution in [0, 0.1) is 11.7 Å². The molecule has 2 bridgehead atoms. The number of nitrogens with zero attached hydrogens (tertiary/aromatic N) is 1. The van der Waals surface area contributed by atoms with Gasteiger partial charge in [0.15, 0.2) is 0 Å². The van der Waals surface area contributed by atoms with Gasteiger partial charge in [-0.15, -0.1) is 0 Å². The van der Waals surface area contributed by atoms with E-state index in [2.05, 4.69) is 10.4 Å². The van der Waals surface area contributed by atoms with E-state index in [1.807, 2.05) is 0 Å². The number of esters is 1. The summed E-state index contributed by atoms with van der Waals surface area (Å²) in [5.41, 5.74) is 4.37. The van der Waals surface area contributed by atoms with Gasteiger partial charge in [-0.3, -0.25) is 4.79 Å². The van der Waals surface area contributed by atoms with Crippen molar-refractivity contribution in [3.05, 3.63) is 35.6 Å². The van der Waals surface area contributed by atoms with Crippen molar-refractivity contribution in [3.8, 4) is 0 Å². The molecule has 1 aliphatic carbocycles. The number of carbonyl (C=O) groups is 1. The molecule has 4 nitrogen and oxygen atoms in total. The molecule has 2 heterocycles. The molecule has 0 radical (unpaired) electrons. The number of rotatable bonds is 4. The lowest BCUT2D eigenvalue weighted by atomic mass is 9.75. The standard InChI is InChI=1S/C16H21FN2O2/c1-21-16(20)15-12-4-8-14(9-5-12)19(15)18-10-11-2-6-13(17)7-3-11/h2-3,6-7,12,14-15,18H,4-5,8-10H2,1H3/t12?,14?,15-/m0/s1. The summed E-state index contributed by atoms with van der Waals surface area (Å²) < 4.78 is 17.9. The van der Waals surface area contributed by atoms with E-state index in [4.69, 9.17) is 4.74 Å². The lowest BCUT2D eigenvalue weighted by Gasteiger charge is -2.49. The minimum atomic E-state index is -0.233. The molecule has 5 heteroatoms. The number of ether oxygens (including phenoxy) is 1. The fourth-order valence-corrected chi connectivity index (χ4v) is 3.59. The van der Waals surface area contributed by atoms with E-state index in [1.165, 1.54) is 19.2 Å². The summed E-state index contributed by atoms with van der Waals surface area (Å²) in [4.78, 5) is 12.1. The summed E-state index contributed by atoms with van der Waals surface area (Å²) in [5, 5.41) is 2.08. The number of halogens is 1. The fraction of sp³-hybridized carbons (Fsp3) is 0.562. The van der Waals surface area contributed by atoms with Crippen LogP contribution in [0.25, 0.3) is 0 Å². The van der Waals surface area contributed by atoms with Crippen LogP contribution < -0.4 is 5.43 Å². The largest absolute Gasteiger partial charge is 0.468 e. The number of methoxy groups -OCH3 is 1. The van der Waals surface area contributed by atoms with Gasteiger partial charge in [0, 0.05) is 12.6 Å². The highest BCUT2D eigenvalue weighted by Crippen LogP contribution is 2.39. The number of hydrogen-bond acceptors (Lipinski definition) is 4. The van der Waals surface area contributed by atoms with Crippen LogP contribution in [0.1, 0.15) is 31.2 Å². The molecule has 0 amide bonds. The van der Waals surface area contributed by atoms with Crippen LogP contribution in [0.5, 0.6) is 0 Å². The van der Waals surface area contributed by atoms with Crippen molar-refractivity contribution in [2.75, 3.05) is 7.11 Å². The lowest BCUT2D eigenvalue weighted by Crippen LogP contribution is -2.63. The second-order valence-electron chi connectivity index (χ2n) is 5.91. The van der Waals surface area contributed by atoms with Gasteiger partial charge in [0.05, 0.1) is 7.11 Å². The molecule has 0 unspecified atom stereocenters. The maximum atomic E-state index is 12.9. The average molecular weight is 292 g/mol. The molecule has 1 aromatic rings. The molecule has 21 heavy (non-hydrogen) atoms. The summed E-state index contributed by atoms with van der Waals surface area (Å²) in [6, 6.07) is 6.63. The second kappa shape index (κ2) is 6.12. The minimum absolute atomic E-state index is 0.156. The zero-order valence-electron chi connectivity index (χ0n) is 12.2. The van der Waals surface area contributed by atoms with Gasteiger partial charge in [0.2, 0.25) is 0 Å². The van der Waals surface area contributed by atoms with Crippen LogP contribution in [0.15, 0.2) is 24.3 Å². The first-order chi connectivity index (χ1) is 10.2. The summed E-state index contributed by atoms with van der Waals surface area (Å²) >= 11 is 0. The van der Waals surface area contributed by atoms with Crippen molar-refractivity contribution in [3.63, 3.8) is 0 Å². The molecular weight excluding hydrogens is 271 g/mol. The Labute approximate surface area is 124 Å². The van der Waals surface area contributed by atoms with Crippen LogP contribution in [0.3, 0.4) is 0 Å². The molecule has 1 aromatic carbocycles. The quantitative estimate of drug-likeness (QED) is 0.864. The highest BCUT2D eigenvalue weighted by Gasteiger charge is 2.46. The van der Waals surface area contributed by atoms with Gasteiger partial charge in [0.25, 0.3) is 0 Å². The normalized spacial score (nSPS) is 28.6. The summed E-state index contributed by atoms with van der Waals surface area (Å²) in [5.74, 6) is -0.0117. The third-order valence-electron chi connectivity index (χ3n) is 4.70. The first-order valence-corrected chi connectivity index (χ1v) is 7.53. The Balaban J connectivity index is 1.69. The van der Waals surface area contributed by atoms with Crippen molar-refractivity contribution in [2.24, 2.45) is 5.92 Å². The predicted octanol–water partition coefficient (Wildman–Crippen LogP) is 2.25. The SMILES string of the molecule is COC(=O)[C@@H]1C2CCC(CC2)N1NCc1ccc(F)cc1. The fourth-order valence-electron chi connectivity index (χ4n) is 3.59. The summed E-state index contributed by atoms with van der Waals surface area (Å²) in [7, 11) is 1.45. The Morgan fingerprint density at radius 2 is 1.95 bits per heavy atom. The molecule has 1 saturated carbocycles. The molecule has 2 aliphatic heterocycles. The molecule has 0 spiro atoms. The number of nitrogens with one attached hydrogen (secondary N) is 1. The van der Waals surface area contributed by atoms with E-state index in [9.17, 15) is 9.18 Å². The van der Waals surface area contributed by atoms with Gasteiger partial charge in [0.1, 0.15) is 11.9 Å². The summed E-state index contributed by atoms with van der Waals surface area (Å²) in [6.07, 6.45) is 4.43. The first-order valence-electron chi connectivity index (χ1n) is 7.53. The van der Waals surface area contributed by atoms with Crippen LogP contribution in [-0.2, 0) is 16.1 Å². The highest BCUT2D eigenvalue weighted by atomic mass is 19.1. The summed E-state index contributed by atoms with van der Waals surface area (Å²) in [6.45, 7) is 0.594. The predicted molar refractivity (Wildman–Crippen MR) is 76.6 cm³/mol. The Bertz CT molecular complexity index is 498. The maximum Gasteiger partial charge on any atom is 0.324 e. The van der Waals surface area contributed by atoms with Gasteiger partial charge in [-0.2, -0.15) is 0 Å². The molecule has 4 rings (SSSR count). The van der Waals surface area contributed by atoms with Crippen molar-refractivity contribution in [1.29, 1.82) is 0 Å². The van der Waals surface area contributed by atoms with Crippen molar-refractivity contribution in [1.82, 2.24) is 10.4 Å². The van der Waals surface area contributed by atoms with E-state index in [0.717, 1.165) is 31.2 Å². The van der Waals surface area contributed by atoms with Crippen LogP contribution in [0.4, 0.5) is 4.39 Å². The molecule has 1 N–H and O–H groups in total. The molecule has 114 valence electrons. The van der Waals surface area contributed by atoms with Crippen molar-refractivity contribution >= 4 is 5.97 Å². The lowest BCUT2D eigenvalue weighted by molar-refractivity contribution is -0.161. The molecule has 0 aromatic heterocycles. The second-order valence-corrected chi connectivity index (χ2v) is 5.91. The zero-order valence-corrected chi connectivity index (χ0v) is 12.2. The number of fused-ring (bicyclic) bond motifs is 3. The van der Waals surface area contributed by atoms with Crippen LogP contribution in [0.2, 0.25) is 0 Å². The highest BCUT2D eigenvalue weighted by molar-refractivity contribution is 5.76. The van der Waals surface area contributed by atoms with Crippen LogP contribution in [-0.4, -0.2) is 30.2 Å². The van der Waals surface area contributed by atoms with Crippen molar-refractivity contribution < 1.29 is 13.9 Å². The minimum Gasteiger partial charge on any atom is -0.468 e. The van der Waals surface area contributed by atoms with E-state index in [1.54, 1.807) is 12.1 Å². The Morgan fingerprint density at radius 3 is 2.57 bits per heavy atom. The third kappa shape index (κ3) is 2.94. The molecule has 3 fully saturated rings. The van der Waals surface area contributed by atoms with E-state index in [-0.39, 0.29) is 17.8 Å². The number of benzene rings is 1. The zero-order chi connectivity index (χ0) is 14.8. The van der Waals surface area contributed by atoms with Crippen molar-refractivity contribution in [2.45, 2.75) is 44.3 Å². The Kier molecular flexibility index (Phi) is 4.22. The molecule has 2 saturated heterocycles. The average Bonchev–Trinajstić information content (AvgIpc) is 2.54. The third-order valence-corrected chi connectivity index (χ3v) is 4.70. The van der Waals surface area contributed by atoms with Gasteiger partial charge in [-0.1, -0.05) is 12.1 Å². The number of carbonyl (C=O) groups excluding carboxylic acids is 1. The topological polar surface area (TPSA) is 41.6 Å². The van der Waals surface area contributed by atoms with E-state index in [0.29, 0.717) is 18.5 Å². The molecule has 1 atom stereocenters. The van der Waals surface area contributed by atoms with E-state index < -0.39 is 0 Å². The van der Waals surface area contributed by atoms with E-state index >= 15 is 0 Å². The van der Waals surface area contributed by atoms with Gasteiger partial charge >= 0.3 is 5.97 Å². The number of piperidine rings is 2. The Hall–Kier alpha value is -1.46. The maximum absolute atomic E-state index is 12.9. The van der Waals surface area contributed by atoms with Gasteiger partial charge in [-0.05, 0) is 49.3 Å². The first kappa shape index (κ1) is 14.5.